The third-order valence-electron chi connectivity index (χ3n) is 3.28. The minimum Gasteiger partial charge on any atom is -0.378 e. The number of aryl methyl sites for hydroxylation is 2. The highest BCUT2D eigenvalue weighted by Crippen LogP contribution is 2.33. The summed E-state index contributed by atoms with van der Waals surface area (Å²) in [6.45, 7) is 4.06. The van der Waals surface area contributed by atoms with Crippen LogP contribution in [-0.4, -0.2) is 24.1 Å². The van der Waals surface area contributed by atoms with Crippen molar-refractivity contribution in [1.82, 2.24) is 9.97 Å². The van der Waals surface area contributed by atoms with E-state index >= 15 is 0 Å². The molecule has 1 N–H and O–H groups in total. The molecule has 0 aliphatic heterocycles. The number of thiazole rings is 2. The molecule has 0 saturated carbocycles. The summed E-state index contributed by atoms with van der Waals surface area (Å²) in [5.74, 6) is 0. The molecule has 2 aromatic heterocycles. The molecular formula is C16H20Br2N4S2. The van der Waals surface area contributed by atoms with Gasteiger partial charge in [-0.15, -0.1) is 56.6 Å². The fraction of sp³-hybridized carbons (Fsp3) is 0.250. The summed E-state index contributed by atoms with van der Waals surface area (Å²) in [4.78, 5) is 12.4. The summed E-state index contributed by atoms with van der Waals surface area (Å²) in [6, 6.07) is 8.32. The molecule has 1 aromatic carbocycles. The lowest BCUT2D eigenvalue weighted by atomic mass is 10.2. The lowest BCUT2D eigenvalue weighted by Gasteiger charge is -2.12. The van der Waals surface area contributed by atoms with Gasteiger partial charge in [0.15, 0.2) is 5.13 Å². The summed E-state index contributed by atoms with van der Waals surface area (Å²) in [7, 11) is 4.07. The molecule has 0 aliphatic rings. The Balaban J connectivity index is 0.00000144. The predicted molar refractivity (Wildman–Crippen MR) is 117 cm³/mol. The summed E-state index contributed by atoms with van der Waals surface area (Å²) < 4.78 is 0. The molecule has 2 heterocycles. The second-order valence-corrected chi connectivity index (χ2v) is 7.31. The van der Waals surface area contributed by atoms with Crippen LogP contribution >= 0.6 is 56.6 Å². The lowest BCUT2D eigenvalue weighted by molar-refractivity contribution is 1.13. The van der Waals surface area contributed by atoms with Crippen molar-refractivity contribution in [2.24, 2.45) is 0 Å². The average Bonchev–Trinajstić information content (AvgIpc) is 3.06. The second kappa shape index (κ2) is 8.94. The van der Waals surface area contributed by atoms with Crippen molar-refractivity contribution in [3.8, 4) is 10.6 Å². The summed E-state index contributed by atoms with van der Waals surface area (Å²) in [5.41, 5.74) is 4.28. The van der Waals surface area contributed by atoms with Gasteiger partial charge in [0.05, 0.1) is 21.3 Å². The maximum Gasteiger partial charge on any atom is 0.187 e. The molecule has 0 fully saturated rings. The minimum absolute atomic E-state index is 0. The molecule has 0 spiro atoms. The van der Waals surface area contributed by atoms with Crippen LogP contribution in [0.4, 0.5) is 16.5 Å². The molecule has 4 nitrogen and oxygen atoms in total. The Morgan fingerprint density at radius 1 is 1.00 bits per heavy atom. The highest BCUT2D eigenvalue weighted by Gasteiger charge is 2.11. The highest BCUT2D eigenvalue weighted by molar-refractivity contribution is 8.93. The average molecular weight is 492 g/mol. The van der Waals surface area contributed by atoms with E-state index < -0.39 is 0 Å². The Bertz CT molecular complexity index is 782. The second-order valence-electron chi connectivity index (χ2n) is 5.25. The number of hydrogen-bond donors (Lipinski definition) is 1. The van der Waals surface area contributed by atoms with Crippen molar-refractivity contribution in [2.75, 3.05) is 24.3 Å². The van der Waals surface area contributed by atoms with Crippen molar-refractivity contribution in [3.63, 3.8) is 0 Å². The highest BCUT2D eigenvalue weighted by atomic mass is 79.9. The maximum absolute atomic E-state index is 4.67. The molecule has 0 saturated heterocycles. The van der Waals surface area contributed by atoms with Gasteiger partial charge in [0.2, 0.25) is 0 Å². The number of anilines is 3. The van der Waals surface area contributed by atoms with Gasteiger partial charge in [-0.05, 0) is 38.1 Å². The standard InChI is InChI=1S/C16H18N4S2.2BrH/c1-10-15(22-11(2)17-10)14-9-21-16(19-14)18-12-5-7-13(8-6-12)20(3)4;;/h5-9H,1-4H3,(H,18,19);2*1H. The molecule has 8 heteroatoms. The Kier molecular flexibility index (Phi) is 7.85. The Morgan fingerprint density at radius 2 is 1.67 bits per heavy atom. The van der Waals surface area contributed by atoms with Crippen LogP contribution in [0.1, 0.15) is 10.7 Å². The van der Waals surface area contributed by atoms with Crippen LogP contribution in [-0.2, 0) is 0 Å². The number of hydrogen-bond acceptors (Lipinski definition) is 6. The number of aromatic nitrogens is 2. The van der Waals surface area contributed by atoms with E-state index in [1.807, 2.05) is 27.9 Å². The van der Waals surface area contributed by atoms with Gasteiger partial charge >= 0.3 is 0 Å². The first-order valence-electron chi connectivity index (χ1n) is 6.97. The SMILES string of the molecule is Br.Br.Cc1nc(C)c(-c2csc(Nc3ccc(N(C)C)cc3)n2)s1. The Hall–Kier alpha value is -0.960. The first-order chi connectivity index (χ1) is 10.5. The fourth-order valence-corrected chi connectivity index (χ4v) is 3.85. The molecule has 0 atom stereocenters. The van der Waals surface area contributed by atoms with E-state index in [4.69, 9.17) is 0 Å². The lowest BCUT2D eigenvalue weighted by Crippen LogP contribution is -2.08. The predicted octanol–water partition coefficient (Wildman–Crippen LogP) is 5.85. The molecular weight excluding hydrogens is 472 g/mol. The van der Waals surface area contributed by atoms with Gasteiger partial charge in [-0.3, -0.25) is 0 Å². The van der Waals surface area contributed by atoms with Gasteiger partial charge in [-0.25, -0.2) is 9.97 Å². The van der Waals surface area contributed by atoms with E-state index in [0.717, 1.165) is 32.1 Å². The smallest absolute Gasteiger partial charge is 0.187 e. The van der Waals surface area contributed by atoms with Crippen LogP contribution < -0.4 is 10.2 Å². The maximum atomic E-state index is 4.67. The van der Waals surface area contributed by atoms with Gasteiger partial charge in [0.25, 0.3) is 0 Å². The molecule has 0 unspecified atom stereocenters. The first-order valence-corrected chi connectivity index (χ1v) is 8.67. The zero-order valence-electron chi connectivity index (χ0n) is 13.9. The number of nitrogens with one attached hydrogen (secondary N) is 1. The van der Waals surface area contributed by atoms with Gasteiger partial charge < -0.3 is 10.2 Å². The molecule has 0 bridgehead atoms. The zero-order valence-corrected chi connectivity index (χ0v) is 18.9. The largest absolute Gasteiger partial charge is 0.378 e. The molecule has 3 rings (SSSR count). The van der Waals surface area contributed by atoms with E-state index in [1.54, 1.807) is 22.7 Å². The van der Waals surface area contributed by atoms with Gasteiger partial charge in [-0.2, -0.15) is 0 Å². The van der Waals surface area contributed by atoms with Gasteiger partial charge in [-0.1, -0.05) is 0 Å². The number of halogens is 2. The molecule has 0 radical (unpaired) electrons. The van der Waals surface area contributed by atoms with Gasteiger partial charge in [0, 0.05) is 30.9 Å². The summed E-state index contributed by atoms with van der Waals surface area (Å²) in [5, 5.41) is 7.42. The summed E-state index contributed by atoms with van der Waals surface area (Å²) >= 11 is 3.31. The van der Waals surface area contributed by atoms with Crippen LogP contribution in [0, 0.1) is 13.8 Å². The number of rotatable bonds is 4. The number of benzene rings is 1. The normalized spacial score (nSPS) is 9.83. The fourth-order valence-electron chi connectivity index (χ4n) is 2.17. The van der Waals surface area contributed by atoms with Gasteiger partial charge in [0.1, 0.15) is 0 Å². The van der Waals surface area contributed by atoms with E-state index in [0.29, 0.717) is 0 Å². The van der Waals surface area contributed by atoms with Crippen molar-refractivity contribution < 1.29 is 0 Å². The topological polar surface area (TPSA) is 41.1 Å². The molecule has 0 aliphatic carbocycles. The quantitative estimate of drug-likeness (QED) is 0.497. The van der Waals surface area contributed by atoms with Crippen molar-refractivity contribution >= 4 is 73.1 Å². The van der Waals surface area contributed by atoms with Crippen molar-refractivity contribution in [3.05, 3.63) is 40.3 Å². The third kappa shape index (κ3) is 4.78. The van der Waals surface area contributed by atoms with E-state index in [2.05, 4.69) is 49.8 Å². The van der Waals surface area contributed by atoms with E-state index in [-0.39, 0.29) is 34.0 Å². The van der Waals surface area contributed by atoms with E-state index in [1.165, 1.54) is 5.69 Å². The van der Waals surface area contributed by atoms with Crippen LogP contribution in [0.3, 0.4) is 0 Å². The van der Waals surface area contributed by atoms with Crippen molar-refractivity contribution in [2.45, 2.75) is 13.8 Å². The van der Waals surface area contributed by atoms with E-state index in [9.17, 15) is 0 Å². The summed E-state index contributed by atoms with van der Waals surface area (Å²) in [6.07, 6.45) is 0. The van der Waals surface area contributed by atoms with Crippen LogP contribution in [0.15, 0.2) is 29.6 Å². The first kappa shape index (κ1) is 21.1. The van der Waals surface area contributed by atoms with Crippen LogP contribution in [0.2, 0.25) is 0 Å². The van der Waals surface area contributed by atoms with Crippen molar-refractivity contribution in [1.29, 1.82) is 0 Å². The van der Waals surface area contributed by atoms with Crippen LogP contribution in [0.25, 0.3) is 10.6 Å². The monoisotopic (exact) mass is 490 g/mol. The molecule has 24 heavy (non-hydrogen) atoms. The molecule has 0 amide bonds. The molecule has 130 valence electrons. The van der Waals surface area contributed by atoms with Crippen LogP contribution in [0.5, 0.6) is 0 Å². The Labute approximate surface area is 171 Å². The Morgan fingerprint density at radius 3 is 2.21 bits per heavy atom. The number of nitrogens with zero attached hydrogens (tertiary/aromatic N) is 3. The minimum atomic E-state index is 0. The zero-order chi connectivity index (χ0) is 15.7. The molecule has 3 aromatic rings. The third-order valence-corrected chi connectivity index (χ3v) is 5.13.